The van der Waals surface area contributed by atoms with Gasteiger partial charge in [0.25, 0.3) is 11.6 Å². The van der Waals surface area contributed by atoms with Crippen LogP contribution in [0.15, 0.2) is 60.0 Å². The van der Waals surface area contributed by atoms with Crippen molar-refractivity contribution in [3.05, 3.63) is 81.2 Å². The Hall–Kier alpha value is -2.85. The first kappa shape index (κ1) is 25.8. The smallest absolute Gasteiger partial charge is 0.341 e. The molecule has 178 valence electrons. The molecule has 2 N–H and O–H groups in total. The highest BCUT2D eigenvalue weighted by atomic mass is 35.6. The van der Waals surface area contributed by atoms with Gasteiger partial charge in [-0.3, -0.25) is 14.9 Å². The Bertz CT molecular complexity index is 1200. The molecule has 0 unspecified atom stereocenters. The van der Waals surface area contributed by atoms with Crippen LogP contribution in [0.4, 0.5) is 10.7 Å². The lowest BCUT2D eigenvalue weighted by molar-refractivity contribution is -0.385. The normalized spacial score (nSPS) is 12.0. The number of ether oxygens (including phenoxy) is 1. The lowest BCUT2D eigenvalue weighted by Gasteiger charge is -2.27. The number of esters is 1. The number of anilines is 1. The first-order valence-corrected chi connectivity index (χ1v) is 11.9. The molecular weight excluding hydrogens is 525 g/mol. The summed E-state index contributed by atoms with van der Waals surface area (Å²) < 4.78 is 3.13. The van der Waals surface area contributed by atoms with Gasteiger partial charge < -0.3 is 15.4 Å². The number of nitro groups is 1. The molecule has 0 saturated carbocycles. The summed E-state index contributed by atoms with van der Waals surface area (Å²) in [5, 5.41) is 18.7. The van der Waals surface area contributed by atoms with Crippen molar-refractivity contribution in [3.8, 4) is 11.1 Å². The molecule has 0 fully saturated rings. The molecule has 8 nitrogen and oxygen atoms in total. The van der Waals surface area contributed by atoms with E-state index in [1.807, 2.05) is 30.3 Å². The molecular formula is C22H18Cl3N3O5S. The number of carbonyl (C=O) groups is 2. The van der Waals surface area contributed by atoms with Gasteiger partial charge in [0.2, 0.25) is 3.79 Å². The highest BCUT2D eigenvalue weighted by Crippen LogP contribution is 2.39. The van der Waals surface area contributed by atoms with E-state index in [0.29, 0.717) is 5.56 Å². The van der Waals surface area contributed by atoms with Gasteiger partial charge in [-0.25, -0.2) is 4.79 Å². The molecule has 1 atom stereocenters. The number of carbonyl (C=O) groups excluding carboxylic acids is 2. The number of nitrogens with one attached hydrogen (secondary N) is 2. The molecule has 0 aliphatic carbocycles. The zero-order chi connectivity index (χ0) is 24.9. The van der Waals surface area contributed by atoms with Crippen LogP contribution in [0.25, 0.3) is 11.1 Å². The molecule has 0 aliphatic rings. The average molecular weight is 543 g/mol. The summed E-state index contributed by atoms with van der Waals surface area (Å²) in [6.07, 6.45) is -1.35. The van der Waals surface area contributed by atoms with Crippen LogP contribution in [-0.2, 0) is 4.74 Å². The maximum Gasteiger partial charge on any atom is 0.341 e. The van der Waals surface area contributed by atoms with Crippen LogP contribution in [0, 0.1) is 10.1 Å². The standard InChI is InChI=1S/C22H18Cl3N3O5S/c1-2-33-20(30)17-15(13-8-4-3-5-9-13)12-34-19(17)27-21(22(23,24)25)26-18(29)14-10-6-7-11-16(14)28(31)32/h3-12,21,27H,2H2,1H3,(H,26,29)/t21-/m1/s1. The van der Waals surface area contributed by atoms with E-state index in [4.69, 9.17) is 39.5 Å². The van der Waals surface area contributed by atoms with Gasteiger partial charge in [-0.15, -0.1) is 11.3 Å². The number of rotatable bonds is 8. The molecule has 12 heteroatoms. The zero-order valence-electron chi connectivity index (χ0n) is 17.6. The number of alkyl halides is 3. The van der Waals surface area contributed by atoms with Crippen molar-refractivity contribution in [2.75, 3.05) is 11.9 Å². The third-order valence-corrected chi connectivity index (χ3v) is 6.14. The van der Waals surface area contributed by atoms with Crippen molar-refractivity contribution in [2.24, 2.45) is 0 Å². The number of nitro benzene ring substituents is 1. The van der Waals surface area contributed by atoms with Gasteiger partial charge in [0.15, 0.2) is 0 Å². The van der Waals surface area contributed by atoms with Crippen LogP contribution in [0.3, 0.4) is 0 Å². The number of thiophene rings is 1. The lowest BCUT2D eigenvalue weighted by atomic mass is 10.0. The Labute approximate surface area is 213 Å². The van der Waals surface area contributed by atoms with Crippen LogP contribution in [0.1, 0.15) is 27.6 Å². The average Bonchev–Trinajstić information content (AvgIpc) is 3.22. The van der Waals surface area contributed by atoms with E-state index in [1.54, 1.807) is 12.3 Å². The van der Waals surface area contributed by atoms with Crippen LogP contribution in [-0.4, -0.2) is 33.4 Å². The van der Waals surface area contributed by atoms with E-state index in [2.05, 4.69) is 10.6 Å². The number of nitrogens with zero attached hydrogens (tertiary/aromatic N) is 1. The van der Waals surface area contributed by atoms with E-state index in [-0.39, 0.29) is 22.7 Å². The number of amides is 1. The molecule has 1 aromatic heterocycles. The lowest BCUT2D eigenvalue weighted by Crippen LogP contribution is -2.49. The molecule has 0 radical (unpaired) electrons. The van der Waals surface area contributed by atoms with Gasteiger partial charge in [0.05, 0.1) is 11.5 Å². The SMILES string of the molecule is CCOC(=O)c1c(-c2ccccc2)csc1N[C@@H](NC(=O)c1ccccc1[N+](=O)[O-])C(Cl)(Cl)Cl. The maximum atomic E-state index is 12.8. The Morgan fingerprint density at radius 2 is 1.76 bits per heavy atom. The van der Waals surface area contributed by atoms with Gasteiger partial charge in [-0.05, 0) is 18.6 Å². The molecule has 3 rings (SSSR count). The van der Waals surface area contributed by atoms with Crippen LogP contribution in [0.5, 0.6) is 0 Å². The number of benzene rings is 2. The summed E-state index contributed by atoms with van der Waals surface area (Å²) in [6, 6.07) is 14.5. The fourth-order valence-electron chi connectivity index (χ4n) is 3.06. The molecule has 0 saturated heterocycles. The fourth-order valence-corrected chi connectivity index (χ4v) is 4.38. The van der Waals surface area contributed by atoms with Crippen molar-refractivity contribution in [2.45, 2.75) is 16.9 Å². The summed E-state index contributed by atoms with van der Waals surface area (Å²) in [5.74, 6) is -1.44. The summed E-state index contributed by atoms with van der Waals surface area (Å²) in [5.41, 5.74) is 0.953. The third-order valence-electron chi connectivity index (χ3n) is 4.58. The van der Waals surface area contributed by atoms with E-state index in [1.165, 1.54) is 24.3 Å². The Morgan fingerprint density at radius 1 is 1.12 bits per heavy atom. The minimum Gasteiger partial charge on any atom is -0.462 e. The molecule has 0 bridgehead atoms. The highest BCUT2D eigenvalue weighted by molar-refractivity contribution is 7.15. The van der Waals surface area contributed by atoms with Crippen molar-refractivity contribution >= 4 is 68.7 Å². The predicted octanol–water partition coefficient (Wildman–Crippen LogP) is 6.04. The topological polar surface area (TPSA) is 111 Å². The van der Waals surface area contributed by atoms with E-state index in [9.17, 15) is 19.7 Å². The van der Waals surface area contributed by atoms with Crippen LogP contribution in [0.2, 0.25) is 0 Å². The van der Waals surface area contributed by atoms with Crippen molar-refractivity contribution < 1.29 is 19.2 Å². The predicted molar refractivity (Wildman–Crippen MR) is 134 cm³/mol. The zero-order valence-corrected chi connectivity index (χ0v) is 20.7. The first-order chi connectivity index (χ1) is 16.1. The quantitative estimate of drug-likeness (QED) is 0.118. The van der Waals surface area contributed by atoms with Crippen LogP contribution >= 0.6 is 46.1 Å². The Morgan fingerprint density at radius 3 is 2.38 bits per heavy atom. The second-order valence-electron chi connectivity index (χ2n) is 6.81. The monoisotopic (exact) mass is 541 g/mol. The first-order valence-electron chi connectivity index (χ1n) is 9.85. The number of halogens is 3. The Balaban J connectivity index is 1.97. The second-order valence-corrected chi connectivity index (χ2v) is 10.1. The molecule has 1 heterocycles. The van der Waals surface area contributed by atoms with E-state index >= 15 is 0 Å². The molecule has 34 heavy (non-hydrogen) atoms. The Kier molecular flexibility index (Phi) is 8.37. The van der Waals surface area contributed by atoms with Gasteiger partial charge in [0, 0.05) is 17.0 Å². The van der Waals surface area contributed by atoms with Crippen molar-refractivity contribution in [3.63, 3.8) is 0 Å². The number of para-hydroxylation sites is 1. The highest BCUT2D eigenvalue weighted by Gasteiger charge is 2.37. The summed E-state index contributed by atoms with van der Waals surface area (Å²) in [7, 11) is 0. The second kappa shape index (κ2) is 11.1. The number of hydrogen-bond acceptors (Lipinski definition) is 7. The van der Waals surface area contributed by atoms with E-state index in [0.717, 1.165) is 16.9 Å². The van der Waals surface area contributed by atoms with E-state index < -0.39 is 32.4 Å². The molecule has 1 amide bonds. The number of hydrogen-bond donors (Lipinski definition) is 2. The molecule has 2 aromatic carbocycles. The fraction of sp³-hybridized carbons (Fsp3) is 0.182. The van der Waals surface area contributed by atoms with Crippen molar-refractivity contribution in [1.82, 2.24) is 5.32 Å². The largest absolute Gasteiger partial charge is 0.462 e. The maximum absolute atomic E-state index is 12.8. The minimum atomic E-state index is -2.08. The van der Waals surface area contributed by atoms with Gasteiger partial charge >= 0.3 is 5.97 Å². The van der Waals surface area contributed by atoms with Crippen molar-refractivity contribution in [1.29, 1.82) is 0 Å². The minimum absolute atomic E-state index is 0.143. The molecule has 3 aromatic rings. The third kappa shape index (κ3) is 5.98. The summed E-state index contributed by atoms with van der Waals surface area (Å²) in [4.78, 5) is 36.3. The van der Waals surface area contributed by atoms with Gasteiger partial charge in [-0.2, -0.15) is 0 Å². The molecule has 0 spiro atoms. The van der Waals surface area contributed by atoms with Gasteiger partial charge in [0.1, 0.15) is 22.3 Å². The summed E-state index contributed by atoms with van der Waals surface area (Å²) in [6.45, 7) is 1.82. The van der Waals surface area contributed by atoms with Gasteiger partial charge in [-0.1, -0.05) is 77.3 Å². The van der Waals surface area contributed by atoms with Crippen LogP contribution < -0.4 is 10.6 Å². The summed E-state index contributed by atoms with van der Waals surface area (Å²) >= 11 is 19.5. The molecule has 0 aliphatic heterocycles.